The minimum Gasteiger partial charge on any atom is -0.407 e. The molecule has 3 aromatic carbocycles. The normalized spacial score (nSPS) is 14.9. The van der Waals surface area contributed by atoms with Crippen molar-refractivity contribution in [2.75, 3.05) is 57.0 Å². The van der Waals surface area contributed by atoms with Gasteiger partial charge in [-0.15, -0.1) is 0 Å². The number of nitrogens with one attached hydrogen (secondary N) is 1. The lowest BCUT2D eigenvalue weighted by Gasteiger charge is -2.43. The fraction of sp³-hybridized carbons (Fsp3) is 0.387. The molecule has 6 nitrogen and oxygen atoms in total. The molecule has 1 saturated heterocycles. The quantitative estimate of drug-likeness (QED) is 0.251. The van der Waals surface area contributed by atoms with Crippen LogP contribution >= 0.6 is 0 Å². The predicted octanol–water partition coefficient (Wildman–Crippen LogP) is 3.72. The Morgan fingerprint density at radius 3 is 2.05 bits per heavy atom. The van der Waals surface area contributed by atoms with Crippen molar-refractivity contribution in [2.45, 2.75) is 32.2 Å². The molecule has 0 unspecified atom stereocenters. The average Bonchev–Trinajstić information content (AvgIpc) is 2.91. The van der Waals surface area contributed by atoms with Crippen molar-refractivity contribution < 1.29 is 9.22 Å². The molecule has 1 aliphatic heterocycles. The van der Waals surface area contributed by atoms with Crippen LogP contribution in [0.4, 0.5) is 11.4 Å². The molecular formula is C31H42N4O2Si. The Bertz CT molecular complexity index is 1150. The fourth-order valence-corrected chi connectivity index (χ4v) is 10.0. The van der Waals surface area contributed by atoms with E-state index in [4.69, 9.17) is 10.2 Å². The maximum absolute atomic E-state index is 13.3. The van der Waals surface area contributed by atoms with Crippen LogP contribution in [0.25, 0.3) is 0 Å². The molecule has 0 saturated carbocycles. The zero-order chi connectivity index (χ0) is 27.2. The molecule has 4 rings (SSSR count). The molecule has 0 radical (unpaired) electrons. The van der Waals surface area contributed by atoms with E-state index in [9.17, 15) is 4.79 Å². The van der Waals surface area contributed by atoms with Crippen molar-refractivity contribution in [3.05, 3.63) is 84.4 Å². The summed E-state index contributed by atoms with van der Waals surface area (Å²) in [5.41, 5.74) is 8.26. The number of hydrogen-bond donors (Lipinski definition) is 2. The van der Waals surface area contributed by atoms with Gasteiger partial charge in [-0.05, 0) is 47.1 Å². The highest BCUT2D eigenvalue weighted by molar-refractivity contribution is 6.99. The molecule has 1 aliphatic rings. The molecule has 3 N–H and O–H groups in total. The zero-order valence-electron chi connectivity index (χ0n) is 23.2. The highest BCUT2D eigenvalue weighted by Crippen LogP contribution is 2.36. The van der Waals surface area contributed by atoms with Crippen molar-refractivity contribution >= 4 is 36.0 Å². The van der Waals surface area contributed by atoms with Crippen molar-refractivity contribution in [3.8, 4) is 0 Å². The number of rotatable bonds is 9. The van der Waals surface area contributed by atoms with Crippen LogP contribution < -0.4 is 26.3 Å². The molecule has 38 heavy (non-hydrogen) atoms. The van der Waals surface area contributed by atoms with Gasteiger partial charge in [0.15, 0.2) is 0 Å². The molecule has 3 aromatic rings. The molecule has 0 spiro atoms. The molecular weight excluding hydrogens is 488 g/mol. The smallest absolute Gasteiger partial charge is 0.261 e. The second-order valence-electron chi connectivity index (χ2n) is 11.2. The molecule has 202 valence electrons. The Kier molecular flexibility index (Phi) is 8.92. The summed E-state index contributed by atoms with van der Waals surface area (Å²) in [6.45, 7) is 11.7. The second-order valence-corrected chi connectivity index (χ2v) is 15.5. The first-order chi connectivity index (χ1) is 18.2. The molecule has 7 heteroatoms. The molecule has 0 bridgehead atoms. The van der Waals surface area contributed by atoms with E-state index in [1.54, 1.807) is 6.07 Å². The summed E-state index contributed by atoms with van der Waals surface area (Å²) < 4.78 is 6.96. The summed E-state index contributed by atoms with van der Waals surface area (Å²) in [4.78, 5) is 17.8. The van der Waals surface area contributed by atoms with Crippen molar-refractivity contribution in [1.82, 2.24) is 10.2 Å². The zero-order valence-corrected chi connectivity index (χ0v) is 24.2. The third kappa shape index (κ3) is 6.12. The lowest BCUT2D eigenvalue weighted by Crippen LogP contribution is -2.66. The van der Waals surface area contributed by atoms with Gasteiger partial charge in [-0.25, -0.2) is 0 Å². The van der Waals surface area contributed by atoms with E-state index in [0.717, 1.165) is 38.3 Å². The minimum atomic E-state index is -2.57. The van der Waals surface area contributed by atoms with Crippen LogP contribution in [-0.2, 0) is 4.43 Å². The summed E-state index contributed by atoms with van der Waals surface area (Å²) in [5.74, 6) is -0.0864. The van der Waals surface area contributed by atoms with Crippen LogP contribution in [-0.4, -0.2) is 65.5 Å². The van der Waals surface area contributed by atoms with Crippen LogP contribution in [0.5, 0.6) is 0 Å². The van der Waals surface area contributed by atoms with Gasteiger partial charge in [-0.2, -0.15) is 0 Å². The Balaban J connectivity index is 1.45. The van der Waals surface area contributed by atoms with E-state index < -0.39 is 8.32 Å². The fourth-order valence-electron chi connectivity index (χ4n) is 5.41. The molecule has 1 amide bonds. The Hall–Kier alpha value is -3.13. The van der Waals surface area contributed by atoms with E-state index in [0.29, 0.717) is 24.4 Å². The minimum absolute atomic E-state index is 0.0715. The maximum Gasteiger partial charge on any atom is 0.261 e. The van der Waals surface area contributed by atoms with Gasteiger partial charge in [0.25, 0.3) is 14.2 Å². The summed E-state index contributed by atoms with van der Waals surface area (Å²) in [5, 5.41) is 5.58. The summed E-state index contributed by atoms with van der Waals surface area (Å²) >= 11 is 0. The third-order valence-electron chi connectivity index (χ3n) is 7.45. The summed E-state index contributed by atoms with van der Waals surface area (Å²) in [6.07, 6.45) is 0.725. The van der Waals surface area contributed by atoms with E-state index >= 15 is 0 Å². The Morgan fingerprint density at radius 1 is 0.921 bits per heavy atom. The van der Waals surface area contributed by atoms with Gasteiger partial charge in [0.1, 0.15) is 0 Å². The largest absolute Gasteiger partial charge is 0.407 e. The number of carbonyl (C=O) groups excluding carboxylic acids is 1. The predicted molar refractivity (Wildman–Crippen MR) is 161 cm³/mol. The van der Waals surface area contributed by atoms with E-state index in [2.05, 4.69) is 104 Å². The van der Waals surface area contributed by atoms with E-state index in [-0.39, 0.29) is 10.9 Å². The first-order valence-electron chi connectivity index (χ1n) is 13.6. The van der Waals surface area contributed by atoms with E-state index in [1.165, 1.54) is 10.4 Å². The van der Waals surface area contributed by atoms with Crippen LogP contribution in [0.2, 0.25) is 5.04 Å². The first kappa shape index (κ1) is 27.9. The van der Waals surface area contributed by atoms with Gasteiger partial charge in [0.05, 0.1) is 5.56 Å². The van der Waals surface area contributed by atoms with E-state index in [1.807, 2.05) is 12.1 Å². The Morgan fingerprint density at radius 2 is 1.50 bits per heavy atom. The highest BCUT2D eigenvalue weighted by Gasteiger charge is 2.49. The highest BCUT2D eigenvalue weighted by atomic mass is 28.4. The van der Waals surface area contributed by atoms with Gasteiger partial charge >= 0.3 is 0 Å². The second kappa shape index (κ2) is 12.2. The number of nitrogens with two attached hydrogens (primary N) is 1. The first-order valence-corrected chi connectivity index (χ1v) is 15.5. The van der Waals surface area contributed by atoms with Crippen molar-refractivity contribution in [2.24, 2.45) is 0 Å². The average molecular weight is 531 g/mol. The van der Waals surface area contributed by atoms with Gasteiger partial charge in [-0.3, -0.25) is 4.79 Å². The standard InChI is InChI=1S/C31H42N4O2Si/c1-31(2,3)38(26-12-7-5-8-13-26,27-14-9-6-10-15-27)37-23-11-18-33-30(36)28-24-25(32)16-17-29(28)35-21-19-34(4)20-22-35/h5-10,12-17,24H,11,18-23,32H2,1-4H3,(H,33,36). The SMILES string of the molecule is CN1CCN(c2ccc(N)cc2C(=O)NCCCO[Si](c2ccccc2)(c2ccccc2)C(C)(C)C)CC1. The molecule has 0 aliphatic carbocycles. The number of anilines is 2. The van der Waals surface area contributed by atoms with Crippen LogP contribution in [0, 0.1) is 0 Å². The maximum atomic E-state index is 13.3. The van der Waals surface area contributed by atoms with Gasteiger partial charge < -0.3 is 25.3 Å². The number of amides is 1. The van der Waals surface area contributed by atoms with Crippen molar-refractivity contribution in [3.63, 3.8) is 0 Å². The molecule has 1 fully saturated rings. The summed E-state index contributed by atoms with van der Waals surface area (Å²) in [6, 6.07) is 26.9. The summed E-state index contributed by atoms with van der Waals surface area (Å²) in [7, 11) is -0.447. The number of benzene rings is 3. The monoisotopic (exact) mass is 530 g/mol. The number of hydrogen-bond acceptors (Lipinski definition) is 5. The van der Waals surface area contributed by atoms with Gasteiger partial charge in [0, 0.05) is 50.7 Å². The van der Waals surface area contributed by atoms with Gasteiger partial charge in [0.2, 0.25) is 0 Å². The van der Waals surface area contributed by atoms with Crippen molar-refractivity contribution in [1.29, 1.82) is 0 Å². The third-order valence-corrected chi connectivity index (χ3v) is 12.5. The lowest BCUT2D eigenvalue weighted by atomic mass is 10.1. The molecule has 0 atom stereocenters. The molecule has 0 aromatic heterocycles. The van der Waals surface area contributed by atoms with Crippen LogP contribution in [0.15, 0.2) is 78.9 Å². The number of nitrogen functional groups attached to an aromatic ring is 1. The van der Waals surface area contributed by atoms with Crippen LogP contribution in [0.3, 0.4) is 0 Å². The number of likely N-dealkylation sites (N-methyl/N-ethyl adjacent to an activating group) is 1. The topological polar surface area (TPSA) is 70.8 Å². The van der Waals surface area contributed by atoms with Gasteiger partial charge in [-0.1, -0.05) is 81.4 Å². The molecule has 1 heterocycles. The number of piperazine rings is 1. The Labute approximate surface area is 228 Å². The number of carbonyl (C=O) groups is 1. The number of nitrogens with zero attached hydrogens (tertiary/aromatic N) is 2. The van der Waals surface area contributed by atoms with Crippen LogP contribution in [0.1, 0.15) is 37.6 Å². The lowest BCUT2D eigenvalue weighted by molar-refractivity contribution is 0.0951.